The number of benzene rings is 2. The van der Waals surface area contributed by atoms with Crippen LogP contribution in [0.25, 0.3) is 16.9 Å². The summed E-state index contributed by atoms with van der Waals surface area (Å²) < 4.78 is 16.4. The van der Waals surface area contributed by atoms with Crippen LogP contribution in [0.2, 0.25) is 0 Å². The normalized spacial score (nSPS) is 15.7. The molecule has 1 aromatic heterocycles. The average molecular weight is 351 g/mol. The Labute approximate surface area is 151 Å². The summed E-state index contributed by atoms with van der Waals surface area (Å²) in [6.45, 7) is 2.47. The lowest BCUT2D eigenvalue weighted by Crippen LogP contribution is -2.30. The van der Waals surface area contributed by atoms with Gasteiger partial charge in [-0.2, -0.15) is 4.57 Å². The maximum atomic E-state index is 5.90. The van der Waals surface area contributed by atoms with Crippen molar-refractivity contribution in [3.8, 4) is 28.4 Å². The molecule has 0 aliphatic carbocycles. The van der Waals surface area contributed by atoms with Crippen LogP contribution in [0.3, 0.4) is 0 Å². The van der Waals surface area contributed by atoms with Gasteiger partial charge in [0.25, 0.3) is 0 Å². The highest BCUT2D eigenvalue weighted by Gasteiger charge is 2.31. The second-order valence-corrected chi connectivity index (χ2v) is 7.28. The molecular weight excluding hydrogens is 332 g/mol. The molecule has 126 valence electrons. The van der Waals surface area contributed by atoms with Crippen molar-refractivity contribution in [1.29, 1.82) is 0 Å². The van der Waals surface area contributed by atoms with E-state index in [4.69, 9.17) is 9.47 Å². The predicted molar refractivity (Wildman–Crippen MR) is 97.7 cm³/mol. The number of hydrogen-bond acceptors (Lipinski definition) is 3. The van der Waals surface area contributed by atoms with Gasteiger partial charge in [0.2, 0.25) is 0 Å². The Morgan fingerprint density at radius 3 is 2.68 bits per heavy atom. The topological polar surface area (TPSA) is 27.3 Å². The molecule has 0 spiro atoms. The quantitative estimate of drug-likeness (QED) is 0.659. The molecule has 3 aromatic rings. The van der Waals surface area contributed by atoms with Crippen molar-refractivity contribution < 1.29 is 14.0 Å². The third kappa shape index (κ3) is 2.59. The summed E-state index contributed by atoms with van der Waals surface area (Å²) in [7, 11) is 0. The number of ether oxygens (including phenoxy) is 2. The number of thioether (sulfide) groups is 1. The van der Waals surface area contributed by atoms with Crippen LogP contribution in [0.4, 0.5) is 0 Å². The summed E-state index contributed by atoms with van der Waals surface area (Å²) in [5, 5.41) is 1.27. The number of fused-ring (bicyclic) bond motifs is 2. The van der Waals surface area contributed by atoms with Crippen molar-refractivity contribution in [3.63, 3.8) is 0 Å². The second-order valence-electron chi connectivity index (χ2n) is 6.22. The maximum Gasteiger partial charge on any atom is 0.323 e. The van der Waals surface area contributed by atoms with Gasteiger partial charge in [-0.3, -0.25) is 0 Å². The van der Waals surface area contributed by atoms with Crippen molar-refractivity contribution in [2.45, 2.75) is 18.1 Å². The molecule has 0 bridgehead atoms. The third-order valence-electron chi connectivity index (χ3n) is 4.58. The Morgan fingerprint density at radius 2 is 1.80 bits per heavy atom. The monoisotopic (exact) mass is 351 g/mol. The minimum absolute atomic E-state index is 0.704. The number of imidazole rings is 1. The van der Waals surface area contributed by atoms with Gasteiger partial charge in [-0.1, -0.05) is 30.3 Å². The van der Waals surface area contributed by atoms with E-state index in [0.29, 0.717) is 13.2 Å². The Hall–Kier alpha value is -2.40. The van der Waals surface area contributed by atoms with Gasteiger partial charge in [-0.05, 0) is 23.9 Å². The van der Waals surface area contributed by atoms with E-state index in [2.05, 4.69) is 57.8 Å². The molecule has 0 unspecified atom stereocenters. The average Bonchev–Trinajstić information content (AvgIpc) is 3.16. The fraction of sp³-hybridized carbons (Fsp3) is 0.250. The molecule has 5 heteroatoms. The molecule has 0 radical (unpaired) electrons. The summed E-state index contributed by atoms with van der Waals surface area (Å²) in [5.74, 6) is 2.80. The second kappa shape index (κ2) is 6.15. The lowest BCUT2D eigenvalue weighted by molar-refractivity contribution is -0.723. The van der Waals surface area contributed by atoms with E-state index in [0.717, 1.165) is 35.9 Å². The van der Waals surface area contributed by atoms with Crippen LogP contribution in [0.5, 0.6) is 11.5 Å². The van der Waals surface area contributed by atoms with E-state index in [1.807, 2.05) is 17.8 Å². The Balaban J connectivity index is 1.68. The molecule has 3 heterocycles. The van der Waals surface area contributed by atoms with Gasteiger partial charge in [-0.25, -0.2) is 4.57 Å². The molecule has 5 rings (SSSR count). The molecule has 2 aromatic carbocycles. The fourth-order valence-electron chi connectivity index (χ4n) is 3.39. The largest absolute Gasteiger partial charge is 0.490 e. The minimum Gasteiger partial charge on any atom is -0.490 e. The van der Waals surface area contributed by atoms with Crippen LogP contribution in [-0.2, 0) is 6.54 Å². The zero-order chi connectivity index (χ0) is 16.6. The van der Waals surface area contributed by atoms with E-state index >= 15 is 0 Å². The zero-order valence-corrected chi connectivity index (χ0v) is 14.7. The molecule has 0 N–H and O–H groups in total. The fourth-order valence-corrected chi connectivity index (χ4v) is 4.50. The van der Waals surface area contributed by atoms with E-state index < -0.39 is 0 Å². The molecule has 2 aliphatic heterocycles. The molecule has 0 fully saturated rings. The number of hydrogen-bond donors (Lipinski definition) is 0. The minimum atomic E-state index is 0.704. The van der Waals surface area contributed by atoms with Gasteiger partial charge < -0.3 is 9.47 Å². The summed E-state index contributed by atoms with van der Waals surface area (Å²) in [5.41, 5.74) is 3.54. The van der Waals surface area contributed by atoms with Crippen LogP contribution in [0.15, 0.2) is 59.9 Å². The first-order valence-electron chi connectivity index (χ1n) is 8.63. The summed E-state index contributed by atoms with van der Waals surface area (Å²) in [6.07, 6.45) is 3.18. The highest BCUT2D eigenvalue weighted by molar-refractivity contribution is 7.99. The van der Waals surface area contributed by atoms with Crippen LogP contribution < -0.4 is 14.0 Å². The Morgan fingerprint density at radius 1 is 0.960 bits per heavy atom. The van der Waals surface area contributed by atoms with E-state index in [1.54, 1.807) is 0 Å². The van der Waals surface area contributed by atoms with Crippen LogP contribution in [0, 0.1) is 0 Å². The summed E-state index contributed by atoms with van der Waals surface area (Å²) in [4.78, 5) is 0. The first-order valence-corrected chi connectivity index (χ1v) is 9.62. The van der Waals surface area contributed by atoms with Gasteiger partial charge in [0.15, 0.2) is 17.2 Å². The van der Waals surface area contributed by atoms with Crippen molar-refractivity contribution in [2.75, 3.05) is 19.0 Å². The van der Waals surface area contributed by atoms with Gasteiger partial charge in [0.05, 0.1) is 13.2 Å². The lowest BCUT2D eigenvalue weighted by Gasteiger charge is -2.09. The van der Waals surface area contributed by atoms with Gasteiger partial charge in [0.1, 0.15) is 18.4 Å². The molecule has 2 aliphatic rings. The summed E-state index contributed by atoms with van der Waals surface area (Å²) in [6, 6.07) is 16.8. The molecular formula is C20H19N2O2S+. The molecule has 0 amide bonds. The zero-order valence-electron chi connectivity index (χ0n) is 13.9. The molecule has 0 saturated carbocycles. The van der Waals surface area contributed by atoms with Gasteiger partial charge in [-0.15, -0.1) is 0 Å². The van der Waals surface area contributed by atoms with Crippen molar-refractivity contribution in [2.24, 2.45) is 0 Å². The van der Waals surface area contributed by atoms with E-state index in [-0.39, 0.29) is 0 Å². The Bertz CT molecular complexity index is 921. The molecule has 4 nitrogen and oxygen atoms in total. The number of rotatable bonds is 2. The first-order chi connectivity index (χ1) is 12.4. The molecule has 0 atom stereocenters. The maximum absolute atomic E-state index is 5.90. The summed E-state index contributed by atoms with van der Waals surface area (Å²) >= 11 is 1.90. The van der Waals surface area contributed by atoms with Crippen molar-refractivity contribution in [3.05, 3.63) is 54.7 Å². The highest BCUT2D eigenvalue weighted by Crippen LogP contribution is 2.36. The standard InChI is InChI=1S/C20H19N2O2S/c1-2-5-15(6-3-1)17-14-21-9-12-25-20(21)22(17)16-7-8-18-19(13-16)24-11-4-10-23-18/h1-3,5-8,13-14H,4,9-12H2/q+1. The van der Waals surface area contributed by atoms with Crippen molar-refractivity contribution >= 4 is 11.8 Å². The number of aryl methyl sites for hydroxylation is 1. The van der Waals surface area contributed by atoms with Crippen LogP contribution in [0.1, 0.15) is 6.42 Å². The molecule has 0 saturated heterocycles. The van der Waals surface area contributed by atoms with Gasteiger partial charge in [0, 0.05) is 23.8 Å². The smallest absolute Gasteiger partial charge is 0.323 e. The van der Waals surface area contributed by atoms with Crippen LogP contribution in [-0.4, -0.2) is 23.5 Å². The Kier molecular flexibility index (Phi) is 3.67. The van der Waals surface area contributed by atoms with E-state index in [1.165, 1.54) is 16.4 Å². The van der Waals surface area contributed by atoms with Crippen molar-refractivity contribution in [1.82, 2.24) is 4.57 Å². The van der Waals surface area contributed by atoms with Crippen LogP contribution >= 0.6 is 11.8 Å². The number of nitrogens with zero attached hydrogens (tertiary/aromatic N) is 2. The first kappa shape index (κ1) is 14.9. The SMILES string of the molecule is c1ccc(-c2c[n+]3c(n2-c2ccc4c(c2)OCCCO4)SCC3)cc1. The van der Waals surface area contributed by atoms with E-state index in [9.17, 15) is 0 Å². The number of aromatic nitrogens is 2. The van der Waals surface area contributed by atoms with Gasteiger partial charge >= 0.3 is 5.16 Å². The third-order valence-corrected chi connectivity index (χ3v) is 5.64. The predicted octanol–water partition coefficient (Wildman–Crippen LogP) is 3.70. The lowest BCUT2D eigenvalue weighted by atomic mass is 10.1. The highest BCUT2D eigenvalue weighted by atomic mass is 32.2. The molecule has 25 heavy (non-hydrogen) atoms.